The van der Waals surface area contributed by atoms with E-state index in [1.54, 1.807) is 17.5 Å². The summed E-state index contributed by atoms with van der Waals surface area (Å²) in [5.41, 5.74) is 2.67. The molecule has 0 aliphatic carbocycles. The van der Waals surface area contributed by atoms with E-state index < -0.39 is 0 Å². The predicted octanol–water partition coefficient (Wildman–Crippen LogP) is 3.68. The van der Waals surface area contributed by atoms with Crippen LogP contribution in [-0.2, 0) is 6.54 Å². The number of hydrogen-bond donors (Lipinski definition) is 1. The number of fused-ring (bicyclic) bond motifs is 1. The maximum atomic E-state index is 13.3. The van der Waals surface area contributed by atoms with Gasteiger partial charge in [0.15, 0.2) is 0 Å². The van der Waals surface area contributed by atoms with E-state index in [1.807, 2.05) is 30.0 Å². The Hall–Kier alpha value is -3.17. The summed E-state index contributed by atoms with van der Waals surface area (Å²) in [5, 5.41) is 5.28. The van der Waals surface area contributed by atoms with Crippen molar-refractivity contribution in [3.8, 4) is 11.8 Å². The van der Waals surface area contributed by atoms with Crippen LogP contribution in [0, 0.1) is 6.92 Å². The quantitative estimate of drug-likeness (QED) is 0.499. The number of nitrogens with one attached hydrogen (secondary N) is 1. The molecule has 0 saturated carbocycles. The normalized spacial score (nSPS) is 14.5. The second-order valence-electron chi connectivity index (χ2n) is 8.34. The highest BCUT2D eigenvalue weighted by Crippen LogP contribution is 2.30. The number of amides is 1. The van der Waals surface area contributed by atoms with Crippen molar-refractivity contribution in [2.24, 2.45) is 0 Å². The molecule has 1 aromatic carbocycles. The van der Waals surface area contributed by atoms with Crippen molar-refractivity contribution in [3.63, 3.8) is 0 Å². The average molecular weight is 482 g/mol. The first-order chi connectivity index (χ1) is 16.5. The molecular weight excluding hydrogens is 450 g/mol. The van der Waals surface area contributed by atoms with E-state index in [-0.39, 0.29) is 18.0 Å². The van der Waals surface area contributed by atoms with E-state index in [0.29, 0.717) is 31.0 Å². The van der Waals surface area contributed by atoms with Crippen molar-refractivity contribution in [2.45, 2.75) is 26.0 Å². The van der Waals surface area contributed by atoms with Crippen LogP contribution < -0.4 is 19.7 Å². The van der Waals surface area contributed by atoms with Gasteiger partial charge in [-0.1, -0.05) is 12.1 Å². The molecule has 0 spiro atoms. The fourth-order valence-electron chi connectivity index (χ4n) is 3.99. The molecule has 180 valence electrons. The summed E-state index contributed by atoms with van der Waals surface area (Å²) in [6.45, 7) is 4.72. The molecule has 1 aliphatic heterocycles. The molecule has 1 aliphatic rings. The Labute approximate surface area is 204 Å². The Morgan fingerprint density at radius 3 is 2.82 bits per heavy atom. The van der Waals surface area contributed by atoms with Gasteiger partial charge in [0.25, 0.3) is 5.91 Å². The van der Waals surface area contributed by atoms with E-state index in [2.05, 4.69) is 51.9 Å². The summed E-state index contributed by atoms with van der Waals surface area (Å²) >= 11 is 1.71. The van der Waals surface area contributed by atoms with Gasteiger partial charge >= 0.3 is 6.01 Å². The first kappa shape index (κ1) is 24.0. The van der Waals surface area contributed by atoms with Gasteiger partial charge in [0, 0.05) is 44.2 Å². The van der Waals surface area contributed by atoms with Crippen LogP contribution in [0.5, 0.6) is 11.8 Å². The number of nitrogens with zero attached hydrogens (tertiary/aromatic N) is 4. The Morgan fingerprint density at radius 2 is 2.12 bits per heavy atom. The Morgan fingerprint density at radius 1 is 1.26 bits per heavy atom. The van der Waals surface area contributed by atoms with Crippen molar-refractivity contribution in [2.75, 3.05) is 45.7 Å². The standard InChI is InChI=1S/C25H31N5O3S/c1-17-14-19(33-21(9-10-26-2)22-6-5-13-34-22)8-7-18(17)16-30-12-11-29(3)23-20(24(30)31)15-27-25(28-23)32-4/h5-8,13-15,21,26H,9-12,16H2,1-4H3. The van der Waals surface area contributed by atoms with E-state index in [4.69, 9.17) is 9.47 Å². The Balaban J connectivity index is 1.50. The molecule has 0 bridgehead atoms. The Kier molecular flexibility index (Phi) is 7.64. The fourth-order valence-corrected chi connectivity index (χ4v) is 4.78. The number of carbonyl (C=O) groups excluding carboxylic acids is 1. The van der Waals surface area contributed by atoms with E-state index in [0.717, 1.165) is 29.8 Å². The third-order valence-corrected chi connectivity index (χ3v) is 6.95. The number of anilines is 1. The third-order valence-electron chi connectivity index (χ3n) is 5.98. The lowest BCUT2D eigenvalue weighted by molar-refractivity contribution is 0.0754. The molecule has 0 fully saturated rings. The molecule has 34 heavy (non-hydrogen) atoms. The van der Waals surface area contributed by atoms with Gasteiger partial charge in [-0.25, -0.2) is 4.98 Å². The minimum Gasteiger partial charge on any atom is -0.485 e. The number of aromatic nitrogens is 2. The van der Waals surface area contributed by atoms with Crippen LogP contribution in [0.3, 0.4) is 0 Å². The van der Waals surface area contributed by atoms with Crippen molar-refractivity contribution < 1.29 is 14.3 Å². The molecule has 8 nitrogen and oxygen atoms in total. The number of aryl methyl sites for hydroxylation is 1. The van der Waals surface area contributed by atoms with Crippen LogP contribution in [0.1, 0.15) is 38.9 Å². The van der Waals surface area contributed by atoms with Crippen LogP contribution in [0.15, 0.2) is 41.9 Å². The number of thiophene rings is 1. The first-order valence-corrected chi connectivity index (χ1v) is 12.2. The summed E-state index contributed by atoms with van der Waals surface area (Å²) < 4.78 is 11.5. The number of benzene rings is 1. The van der Waals surface area contributed by atoms with Gasteiger partial charge in [0.2, 0.25) is 0 Å². The lowest BCUT2D eigenvalue weighted by Gasteiger charge is -2.23. The smallest absolute Gasteiger partial charge is 0.318 e. The van der Waals surface area contributed by atoms with E-state index in [9.17, 15) is 4.79 Å². The highest BCUT2D eigenvalue weighted by Gasteiger charge is 2.27. The van der Waals surface area contributed by atoms with Crippen LogP contribution >= 0.6 is 11.3 Å². The number of rotatable bonds is 9. The number of hydrogen-bond acceptors (Lipinski definition) is 8. The van der Waals surface area contributed by atoms with Gasteiger partial charge < -0.3 is 24.6 Å². The van der Waals surface area contributed by atoms with Crippen LogP contribution in [-0.4, -0.2) is 61.6 Å². The van der Waals surface area contributed by atoms with Crippen molar-refractivity contribution in [1.29, 1.82) is 0 Å². The second-order valence-corrected chi connectivity index (χ2v) is 9.32. The zero-order valence-electron chi connectivity index (χ0n) is 20.1. The fraction of sp³-hybridized carbons (Fsp3) is 0.400. The SMILES string of the molecule is CNCCC(Oc1ccc(CN2CCN(C)c3nc(OC)ncc3C2=O)c(C)c1)c1cccs1. The summed E-state index contributed by atoms with van der Waals surface area (Å²) in [7, 11) is 5.40. The molecule has 3 heterocycles. The molecule has 9 heteroatoms. The number of ether oxygens (including phenoxy) is 2. The topological polar surface area (TPSA) is 79.8 Å². The van der Waals surface area contributed by atoms with Crippen LogP contribution in [0.2, 0.25) is 0 Å². The third kappa shape index (κ3) is 5.31. The first-order valence-electron chi connectivity index (χ1n) is 11.4. The molecule has 3 aromatic rings. The van der Waals surface area contributed by atoms with Gasteiger partial charge in [-0.2, -0.15) is 4.98 Å². The average Bonchev–Trinajstić information content (AvgIpc) is 3.36. The zero-order chi connectivity index (χ0) is 24.1. The van der Waals surface area contributed by atoms with Gasteiger partial charge in [-0.05, 0) is 55.2 Å². The van der Waals surface area contributed by atoms with Gasteiger partial charge in [0.1, 0.15) is 23.2 Å². The molecule has 1 atom stereocenters. The highest BCUT2D eigenvalue weighted by atomic mass is 32.1. The highest BCUT2D eigenvalue weighted by molar-refractivity contribution is 7.10. The maximum absolute atomic E-state index is 13.3. The van der Waals surface area contributed by atoms with Crippen LogP contribution in [0.4, 0.5) is 5.82 Å². The number of methoxy groups -OCH3 is 1. The van der Waals surface area contributed by atoms with Crippen LogP contribution in [0.25, 0.3) is 0 Å². The Bertz CT molecular complexity index is 1120. The number of likely N-dealkylation sites (N-methyl/N-ethyl adjacent to an activating group) is 1. The summed E-state index contributed by atoms with van der Waals surface area (Å²) in [6.07, 6.45) is 2.45. The number of carbonyl (C=O) groups is 1. The molecule has 1 unspecified atom stereocenters. The van der Waals surface area contributed by atoms with Crippen molar-refractivity contribution in [3.05, 3.63) is 63.5 Å². The zero-order valence-corrected chi connectivity index (χ0v) is 20.9. The summed E-state index contributed by atoms with van der Waals surface area (Å²) in [6, 6.07) is 10.5. The minimum absolute atomic E-state index is 0.00825. The van der Waals surface area contributed by atoms with E-state index in [1.165, 1.54) is 12.0 Å². The lowest BCUT2D eigenvalue weighted by atomic mass is 10.1. The van der Waals surface area contributed by atoms with E-state index >= 15 is 0 Å². The summed E-state index contributed by atoms with van der Waals surface area (Å²) in [4.78, 5) is 26.9. The molecular formula is C25H31N5O3S. The largest absolute Gasteiger partial charge is 0.485 e. The lowest BCUT2D eigenvalue weighted by Crippen LogP contribution is -2.33. The van der Waals surface area contributed by atoms with Gasteiger partial charge in [0.05, 0.1) is 7.11 Å². The summed E-state index contributed by atoms with van der Waals surface area (Å²) in [5.74, 6) is 1.36. The predicted molar refractivity (Wildman–Crippen MR) is 134 cm³/mol. The molecule has 1 amide bonds. The van der Waals surface area contributed by atoms with Crippen molar-refractivity contribution in [1.82, 2.24) is 20.2 Å². The second kappa shape index (κ2) is 10.8. The van der Waals surface area contributed by atoms with Gasteiger partial charge in [-0.15, -0.1) is 11.3 Å². The minimum atomic E-state index is -0.0773. The molecule has 0 saturated heterocycles. The van der Waals surface area contributed by atoms with Crippen molar-refractivity contribution >= 4 is 23.1 Å². The molecule has 1 N–H and O–H groups in total. The molecule has 0 radical (unpaired) electrons. The monoisotopic (exact) mass is 481 g/mol. The van der Waals surface area contributed by atoms with Gasteiger partial charge in [-0.3, -0.25) is 4.79 Å². The molecule has 4 rings (SSSR count). The maximum Gasteiger partial charge on any atom is 0.318 e. The molecule has 2 aromatic heterocycles.